The molecule has 0 aliphatic heterocycles. The van der Waals surface area contributed by atoms with Crippen molar-refractivity contribution >= 4 is 5.97 Å². The molecule has 0 heterocycles. The summed E-state index contributed by atoms with van der Waals surface area (Å²) in [5.41, 5.74) is -2.28. The minimum Gasteiger partial charge on any atom is -0.481 e. The lowest BCUT2D eigenvalue weighted by molar-refractivity contribution is -0.247. The van der Waals surface area contributed by atoms with Gasteiger partial charge in [-0.25, -0.2) is 0 Å². The molecule has 0 aromatic rings. The van der Waals surface area contributed by atoms with Crippen LogP contribution in [-0.4, -0.2) is 55.9 Å². The first kappa shape index (κ1) is 26.6. The molecule has 0 spiro atoms. The van der Waals surface area contributed by atoms with Gasteiger partial charge in [-0.15, -0.1) is 0 Å². The lowest BCUT2D eigenvalue weighted by atomic mass is 9.33. The predicted molar refractivity (Wildman–Crippen MR) is 137 cm³/mol. The van der Waals surface area contributed by atoms with Crippen molar-refractivity contribution in [1.82, 2.24) is 0 Å². The number of fused-ring (bicyclic) bond motifs is 7. The Morgan fingerprint density at radius 2 is 1.67 bits per heavy atom. The molecule has 4 saturated carbocycles. The normalized spacial score (nSPS) is 58.6. The lowest BCUT2D eigenvalue weighted by Gasteiger charge is -2.72. The molecule has 5 rings (SSSR count). The third-order valence-electron chi connectivity index (χ3n) is 13.6. The summed E-state index contributed by atoms with van der Waals surface area (Å²) in [5.74, 6) is -0.834. The van der Waals surface area contributed by atoms with Crippen molar-refractivity contribution in [2.75, 3.05) is 6.61 Å². The summed E-state index contributed by atoms with van der Waals surface area (Å²) in [7, 11) is 0. The molecule has 0 aromatic heterocycles. The Morgan fingerprint density at radius 1 is 1.00 bits per heavy atom. The number of aliphatic hydroxyl groups is 4. The first-order valence-corrected chi connectivity index (χ1v) is 14.2. The summed E-state index contributed by atoms with van der Waals surface area (Å²) in [5, 5.41) is 54.8. The number of hydrogen-bond donors (Lipinski definition) is 5. The summed E-state index contributed by atoms with van der Waals surface area (Å²) in [4.78, 5) is 12.8. The molecule has 1 unspecified atom stereocenters. The average Bonchev–Trinajstić information content (AvgIpc) is 2.80. The molecule has 5 aliphatic rings. The van der Waals surface area contributed by atoms with Crippen LogP contribution in [0.25, 0.3) is 0 Å². The smallest absolute Gasteiger partial charge is 0.310 e. The van der Waals surface area contributed by atoms with Gasteiger partial charge in [-0.3, -0.25) is 4.79 Å². The molecule has 204 valence electrons. The Bertz CT molecular complexity index is 974. The van der Waals surface area contributed by atoms with Gasteiger partial charge in [-0.1, -0.05) is 46.3 Å². The van der Waals surface area contributed by atoms with Crippen LogP contribution >= 0.6 is 0 Å². The molecule has 0 amide bonds. The number of allylic oxidation sites excluding steroid dienone is 1. The largest absolute Gasteiger partial charge is 0.481 e. The topological polar surface area (TPSA) is 118 Å². The third kappa shape index (κ3) is 2.91. The summed E-state index contributed by atoms with van der Waals surface area (Å²) in [6.45, 7) is 12.6. The maximum absolute atomic E-state index is 12.8. The molecule has 36 heavy (non-hydrogen) atoms. The van der Waals surface area contributed by atoms with E-state index in [1.54, 1.807) is 0 Å². The molecule has 5 N–H and O–H groups in total. The second-order valence-corrected chi connectivity index (χ2v) is 14.7. The lowest BCUT2D eigenvalue weighted by Crippen LogP contribution is -2.69. The van der Waals surface area contributed by atoms with Gasteiger partial charge < -0.3 is 25.5 Å². The number of rotatable bonds is 2. The van der Waals surface area contributed by atoms with Gasteiger partial charge in [-0.2, -0.15) is 0 Å². The second kappa shape index (κ2) is 7.80. The van der Waals surface area contributed by atoms with E-state index in [0.29, 0.717) is 19.3 Å². The Morgan fingerprint density at radius 3 is 2.28 bits per heavy atom. The Kier molecular flexibility index (Phi) is 5.77. The molecule has 6 heteroatoms. The molecule has 0 bridgehead atoms. The van der Waals surface area contributed by atoms with Crippen molar-refractivity contribution in [3.05, 3.63) is 11.6 Å². The van der Waals surface area contributed by atoms with Crippen molar-refractivity contribution in [1.29, 1.82) is 0 Å². The van der Waals surface area contributed by atoms with Gasteiger partial charge in [-0.05, 0) is 92.3 Å². The molecule has 12 atom stereocenters. The van der Waals surface area contributed by atoms with Gasteiger partial charge in [0.05, 0.1) is 29.8 Å². The van der Waals surface area contributed by atoms with Crippen molar-refractivity contribution in [2.24, 2.45) is 50.7 Å². The van der Waals surface area contributed by atoms with E-state index >= 15 is 0 Å². The van der Waals surface area contributed by atoms with Crippen molar-refractivity contribution < 1.29 is 30.3 Å². The van der Waals surface area contributed by atoms with Crippen LogP contribution in [0.4, 0.5) is 0 Å². The molecule has 5 aliphatic carbocycles. The van der Waals surface area contributed by atoms with Crippen molar-refractivity contribution in [3.8, 4) is 0 Å². The van der Waals surface area contributed by atoms with Crippen LogP contribution in [0.3, 0.4) is 0 Å². The quantitative estimate of drug-likeness (QED) is 0.361. The Hall–Kier alpha value is -0.950. The predicted octanol–water partition coefficient (Wildman–Crippen LogP) is 4.15. The van der Waals surface area contributed by atoms with Gasteiger partial charge in [0.25, 0.3) is 0 Å². The minimum atomic E-state index is -1.09. The monoisotopic (exact) mass is 504 g/mol. The fourth-order valence-electron chi connectivity index (χ4n) is 11.0. The van der Waals surface area contributed by atoms with E-state index in [9.17, 15) is 30.3 Å². The molecule has 0 saturated heterocycles. The van der Waals surface area contributed by atoms with Gasteiger partial charge in [0.1, 0.15) is 0 Å². The molecule has 0 radical (unpaired) electrons. The molecular formula is C30H48O6. The highest BCUT2D eigenvalue weighted by Crippen LogP contribution is 2.76. The maximum atomic E-state index is 12.8. The van der Waals surface area contributed by atoms with Crippen LogP contribution in [-0.2, 0) is 4.79 Å². The van der Waals surface area contributed by atoms with E-state index in [1.807, 2.05) is 13.8 Å². The number of aliphatic carboxylic acids is 1. The van der Waals surface area contributed by atoms with Gasteiger partial charge in [0.15, 0.2) is 0 Å². The molecule has 6 nitrogen and oxygen atoms in total. The van der Waals surface area contributed by atoms with Gasteiger partial charge in [0, 0.05) is 11.3 Å². The number of aliphatic hydroxyl groups excluding tert-OH is 3. The zero-order valence-corrected chi connectivity index (χ0v) is 23.0. The van der Waals surface area contributed by atoms with Crippen LogP contribution in [0.15, 0.2) is 11.6 Å². The summed E-state index contributed by atoms with van der Waals surface area (Å²) in [6.07, 6.45) is 6.20. The highest BCUT2D eigenvalue weighted by atomic mass is 16.4. The van der Waals surface area contributed by atoms with E-state index in [2.05, 4.69) is 33.8 Å². The fourth-order valence-corrected chi connectivity index (χ4v) is 11.0. The first-order valence-electron chi connectivity index (χ1n) is 14.2. The Labute approximate surface area is 216 Å². The number of hydrogen-bond acceptors (Lipinski definition) is 5. The highest BCUT2D eigenvalue weighted by Gasteiger charge is 2.72. The standard InChI is InChI=1S/C30H48O6/c1-17-9-12-30(24(34)35)14-13-27(4)18(22(30)29(17,6)36)7-8-21-25(2)15-19(32)23(33)26(3,16-31)20(25)10-11-28(21,27)5/h7,17,19-23,31-33,36H,8-16H2,1-6H3,(H,34,35)/t17-,19+,20-,21-,22-,23-,25+,26?,27-,28-,29-,30+/m1/s1. The fraction of sp³-hybridized carbons (Fsp3) is 0.900. The van der Waals surface area contributed by atoms with Gasteiger partial charge in [0.2, 0.25) is 0 Å². The van der Waals surface area contributed by atoms with Crippen molar-refractivity contribution in [2.45, 2.75) is 111 Å². The second-order valence-electron chi connectivity index (χ2n) is 14.7. The van der Waals surface area contributed by atoms with Crippen LogP contribution in [0.1, 0.15) is 92.9 Å². The van der Waals surface area contributed by atoms with Gasteiger partial charge >= 0.3 is 5.97 Å². The highest BCUT2D eigenvalue weighted by molar-refractivity contribution is 5.77. The van der Waals surface area contributed by atoms with Crippen molar-refractivity contribution in [3.63, 3.8) is 0 Å². The number of carboxylic acid groups (broad SMARTS) is 1. The number of carbonyl (C=O) groups is 1. The average molecular weight is 505 g/mol. The summed E-state index contributed by atoms with van der Waals surface area (Å²) in [6, 6.07) is 0. The van der Waals surface area contributed by atoms with E-state index in [1.165, 1.54) is 0 Å². The van der Waals surface area contributed by atoms with E-state index < -0.39 is 40.5 Å². The molecular weight excluding hydrogens is 456 g/mol. The maximum Gasteiger partial charge on any atom is 0.310 e. The summed E-state index contributed by atoms with van der Waals surface area (Å²) >= 11 is 0. The van der Waals surface area contributed by atoms with E-state index in [0.717, 1.165) is 37.7 Å². The van der Waals surface area contributed by atoms with E-state index in [-0.39, 0.29) is 40.6 Å². The SMILES string of the molecule is C[C@@H]1CC[C@]2(C(=O)O)CC[C@]3(C)C(=CC[C@@H]4[C@@]5(C)C[C@H](O)[C@@H](O)C(C)(CO)[C@@H]5CC[C@]43C)[C@@H]2[C@]1(C)O. The van der Waals surface area contributed by atoms with Crippen LogP contribution < -0.4 is 0 Å². The zero-order valence-electron chi connectivity index (χ0n) is 23.0. The van der Waals surface area contributed by atoms with Crippen LogP contribution in [0.5, 0.6) is 0 Å². The third-order valence-corrected chi connectivity index (χ3v) is 13.6. The zero-order chi connectivity index (χ0) is 26.7. The van der Waals surface area contributed by atoms with E-state index in [4.69, 9.17) is 0 Å². The van der Waals surface area contributed by atoms with Crippen LogP contribution in [0.2, 0.25) is 0 Å². The molecule has 4 fully saturated rings. The minimum absolute atomic E-state index is 0.0252. The summed E-state index contributed by atoms with van der Waals surface area (Å²) < 4.78 is 0. The molecule has 0 aromatic carbocycles. The van der Waals surface area contributed by atoms with Crippen LogP contribution in [0, 0.1) is 50.7 Å². The number of carboxylic acids is 1. The first-order chi connectivity index (χ1) is 16.6. The Balaban J connectivity index is 1.65.